The van der Waals surface area contributed by atoms with Gasteiger partial charge in [0, 0.05) is 12.1 Å². The van der Waals surface area contributed by atoms with Crippen molar-refractivity contribution in [2.75, 3.05) is 0 Å². The molecule has 1 heterocycles. The molecular weight excluding hydrogens is 422 g/mol. The molecule has 0 aliphatic rings. The Morgan fingerprint density at radius 2 is 2.14 bits per heavy atom. The first kappa shape index (κ1) is 20.6. The Balaban J connectivity index is 1.83. The van der Waals surface area contributed by atoms with E-state index in [1.165, 1.54) is 36.7 Å². The minimum atomic E-state index is -0.776. The number of aliphatic hydroxyl groups excluding tert-OH is 1. The van der Waals surface area contributed by atoms with Crippen LogP contribution in [0.4, 0.5) is 4.39 Å². The van der Waals surface area contributed by atoms with Crippen molar-refractivity contribution in [2.45, 2.75) is 13.2 Å². The molecule has 0 fully saturated rings. The van der Waals surface area contributed by atoms with Gasteiger partial charge in [0.1, 0.15) is 11.4 Å². The third-order valence-corrected chi connectivity index (χ3v) is 4.47. The van der Waals surface area contributed by atoms with Crippen LogP contribution in [0.1, 0.15) is 27.2 Å². The molecule has 1 aromatic heterocycles. The molecule has 0 atom stereocenters. The Hall–Kier alpha value is -3.12. The molecular formula is C19H13Cl2FN4O3. The number of aromatic amines is 1. The summed E-state index contributed by atoms with van der Waals surface area (Å²) in [7, 11) is 0. The molecule has 3 aromatic rings. The summed E-state index contributed by atoms with van der Waals surface area (Å²) in [6.45, 7) is -0.474. The zero-order valence-corrected chi connectivity index (χ0v) is 16.2. The highest BCUT2D eigenvalue weighted by molar-refractivity contribution is 6.32. The van der Waals surface area contributed by atoms with Gasteiger partial charge in [-0.05, 0) is 29.8 Å². The number of imidazole rings is 1. The maximum atomic E-state index is 14.9. The number of H-pyrrole nitrogens is 1. The van der Waals surface area contributed by atoms with Gasteiger partial charge < -0.3 is 20.1 Å². The topological polar surface area (TPSA) is 111 Å². The van der Waals surface area contributed by atoms with Gasteiger partial charge in [0.25, 0.3) is 5.91 Å². The number of halogens is 3. The second kappa shape index (κ2) is 8.92. The van der Waals surface area contributed by atoms with E-state index >= 15 is 0 Å². The van der Waals surface area contributed by atoms with E-state index in [2.05, 4.69) is 15.3 Å². The first-order valence-corrected chi connectivity index (χ1v) is 8.95. The molecule has 3 rings (SSSR count). The number of carbonyl (C=O) groups is 1. The average Bonchev–Trinajstić information content (AvgIpc) is 3.16. The summed E-state index contributed by atoms with van der Waals surface area (Å²) < 4.78 is 20.5. The van der Waals surface area contributed by atoms with Crippen LogP contribution in [0.15, 0.2) is 36.7 Å². The summed E-state index contributed by atoms with van der Waals surface area (Å²) in [5.41, 5.74) is 0.841. The SMILES string of the molecule is N#Cc1cc(CO)cc(Oc2c(Cl)ccc(CNC(=O)c3[nH]cnc3Cl)c2F)c1. The van der Waals surface area contributed by atoms with Gasteiger partial charge in [-0.15, -0.1) is 0 Å². The number of benzene rings is 2. The number of carbonyl (C=O) groups excluding carboxylic acids is 1. The highest BCUT2D eigenvalue weighted by atomic mass is 35.5. The number of amides is 1. The fourth-order valence-electron chi connectivity index (χ4n) is 2.50. The van der Waals surface area contributed by atoms with E-state index < -0.39 is 11.7 Å². The van der Waals surface area contributed by atoms with Crippen LogP contribution in [-0.4, -0.2) is 21.0 Å². The van der Waals surface area contributed by atoms with Gasteiger partial charge in [-0.3, -0.25) is 4.79 Å². The predicted octanol–water partition coefficient (Wildman–Crippen LogP) is 3.94. The quantitative estimate of drug-likeness (QED) is 0.543. The number of hydrogen-bond donors (Lipinski definition) is 3. The molecule has 0 aliphatic heterocycles. The van der Waals surface area contributed by atoms with Crippen molar-refractivity contribution < 1.29 is 19.0 Å². The van der Waals surface area contributed by atoms with Crippen molar-refractivity contribution in [3.63, 3.8) is 0 Å². The van der Waals surface area contributed by atoms with E-state index in [4.69, 9.17) is 33.2 Å². The molecule has 0 saturated carbocycles. The normalized spacial score (nSPS) is 10.4. The van der Waals surface area contributed by atoms with Crippen molar-refractivity contribution in [2.24, 2.45) is 0 Å². The molecule has 148 valence electrons. The summed E-state index contributed by atoms with van der Waals surface area (Å²) >= 11 is 11.8. The number of aromatic nitrogens is 2. The van der Waals surface area contributed by atoms with Crippen molar-refractivity contribution in [1.82, 2.24) is 15.3 Å². The first-order chi connectivity index (χ1) is 13.9. The minimum absolute atomic E-state index is 0.000151. The Kier molecular flexibility index (Phi) is 6.34. The molecule has 1 amide bonds. The van der Waals surface area contributed by atoms with Crippen LogP contribution in [-0.2, 0) is 13.2 Å². The summed E-state index contributed by atoms with van der Waals surface area (Å²) in [6.07, 6.45) is 1.27. The molecule has 0 bridgehead atoms. The Bertz CT molecular complexity index is 1110. The lowest BCUT2D eigenvalue weighted by Crippen LogP contribution is -2.24. The predicted molar refractivity (Wildman–Crippen MR) is 103 cm³/mol. The van der Waals surface area contributed by atoms with Gasteiger partial charge in [-0.25, -0.2) is 9.37 Å². The number of nitrogens with one attached hydrogen (secondary N) is 2. The van der Waals surface area contributed by atoms with Crippen molar-refractivity contribution >= 4 is 29.1 Å². The van der Waals surface area contributed by atoms with E-state index in [0.717, 1.165) is 0 Å². The third kappa shape index (κ3) is 4.66. The summed E-state index contributed by atoms with van der Waals surface area (Å²) in [6, 6.07) is 9.10. The fraction of sp³-hybridized carbons (Fsp3) is 0.105. The molecule has 0 unspecified atom stereocenters. The summed E-state index contributed by atoms with van der Waals surface area (Å²) in [5, 5.41) is 20.9. The maximum Gasteiger partial charge on any atom is 0.271 e. The van der Waals surface area contributed by atoms with Crippen LogP contribution >= 0.6 is 23.2 Å². The molecule has 2 aromatic carbocycles. The van der Waals surface area contributed by atoms with Gasteiger partial charge in [-0.1, -0.05) is 29.3 Å². The number of nitrogens with zero attached hydrogens (tertiary/aromatic N) is 2. The lowest BCUT2D eigenvalue weighted by Gasteiger charge is -2.13. The largest absolute Gasteiger partial charge is 0.453 e. The van der Waals surface area contributed by atoms with Gasteiger partial charge >= 0.3 is 0 Å². The molecule has 0 radical (unpaired) electrons. The standard InChI is InChI=1S/C19H13Cl2FN4O3/c20-14-2-1-12(7-24-19(28)16-18(21)26-9-25-16)15(22)17(14)29-13-4-10(6-23)3-11(5-13)8-27/h1-5,9,27H,7-8H2,(H,24,28)(H,25,26). The Morgan fingerprint density at radius 3 is 2.79 bits per heavy atom. The molecule has 3 N–H and O–H groups in total. The maximum absolute atomic E-state index is 14.9. The summed E-state index contributed by atoms with van der Waals surface area (Å²) in [4.78, 5) is 18.4. The lowest BCUT2D eigenvalue weighted by molar-refractivity contribution is 0.0946. The van der Waals surface area contributed by atoms with Crippen LogP contribution < -0.4 is 10.1 Å². The molecule has 29 heavy (non-hydrogen) atoms. The second-order valence-corrected chi connectivity index (χ2v) is 6.60. The zero-order chi connectivity index (χ0) is 21.0. The number of rotatable bonds is 6. The van der Waals surface area contributed by atoms with Crippen molar-refractivity contribution in [1.29, 1.82) is 5.26 Å². The van der Waals surface area contributed by atoms with Gasteiger partial charge in [0.15, 0.2) is 16.7 Å². The lowest BCUT2D eigenvalue weighted by atomic mass is 10.1. The average molecular weight is 435 g/mol. The molecule has 10 heteroatoms. The molecule has 0 aliphatic carbocycles. The minimum Gasteiger partial charge on any atom is -0.453 e. The Labute approximate surface area is 174 Å². The smallest absolute Gasteiger partial charge is 0.271 e. The van der Waals surface area contributed by atoms with E-state index in [9.17, 15) is 14.3 Å². The first-order valence-electron chi connectivity index (χ1n) is 8.19. The van der Waals surface area contributed by atoms with Gasteiger partial charge in [0.2, 0.25) is 0 Å². The highest BCUT2D eigenvalue weighted by Crippen LogP contribution is 2.34. The third-order valence-electron chi connectivity index (χ3n) is 3.89. The van der Waals surface area contributed by atoms with Crippen molar-refractivity contribution in [3.05, 3.63) is 75.0 Å². The van der Waals surface area contributed by atoms with Crippen LogP contribution in [0.2, 0.25) is 10.2 Å². The van der Waals surface area contributed by atoms with E-state index in [-0.39, 0.29) is 51.6 Å². The van der Waals surface area contributed by atoms with Crippen LogP contribution in [0, 0.1) is 17.1 Å². The Morgan fingerprint density at radius 1 is 1.34 bits per heavy atom. The second-order valence-electron chi connectivity index (χ2n) is 5.84. The van der Waals surface area contributed by atoms with Crippen LogP contribution in [0.25, 0.3) is 0 Å². The number of nitriles is 1. The zero-order valence-electron chi connectivity index (χ0n) is 14.7. The fourth-order valence-corrected chi connectivity index (χ4v) is 2.87. The monoisotopic (exact) mass is 434 g/mol. The van der Waals surface area contributed by atoms with Gasteiger partial charge in [0.05, 0.1) is 29.6 Å². The number of ether oxygens (including phenoxy) is 1. The molecule has 0 saturated heterocycles. The summed E-state index contributed by atoms with van der Waals surface area (Å²) in [5.74, 6) is -1.46. The number of aliphatic hydroxyl groups is 1. The molecule has 7 nitrogen and oxygen atoms in total. The van der Waals surface area contributed by atoms with Crippen LogP contribution in [0.5, 0.6) is 11.5 Å². The number of hydrogen-bond acceptors (Lipinski definition) is 5. The van der Waals surface area contributed by atoms with Crippen LogP contribution in [0.3, 0.4) is 0 Å². The van der Waals surface area contributed by atoms with Gasteiger partial charge in [-0.2, -0.15) is 5.26 Å². The van der Waals surface area contributed by atoms with E-state index in [0.29, 0.717) is 5.56 Å². The van der Waals surface area contributed by atoms with E-state index in [1.807, 2.05) is 6.07 Å². The van der Waals surface area contributed by atoms with E-state index in [1.54, 1.807) is 0 Å². The van der Waals surface area contributed by atoms with Crippen molar-refractivity contribution in [3.8, 4) is 17.6 Å². The highest BCUT2D eigenvalue weighted by Gasteiger charge is 2.18. The molecule has 0 spiro atoms.